The summed E-state index contributed by atoms with van der Waals surface area (Å²) >= 11 is 1.51. The van der Waals surface area contributed by atoms with Crippen molar-refractivity contribution in [3.05, 3.63) is 51.6 Å². The van der Waals surface area contributed by atoms with Crippen molar-refractivity contribution >= 4 is 45.7 Å². The molecule has 0 spiro atoms. The molecule has 4 aromatic rings. The number of amides is 2. The Kier molecular flexibility index (Phi) is 10.7. The Labute approximate surface area is 361 Å². The van der Waals surface area contributed by atoms with Gasteiger partial charge in [0.25, 0.3) is 5.91 Å². The smallest absolute Gasteiger partial charge is 0.324 e. The topological polar surface area (TPSA) is 143 Å². The van der Waals surface area contributed by atoms with Gasteiger partial charge in [0.05, 0.1) is 65.4 Å². The quantitative estimate of drug-likeness (QED) is 0.259. The first-order valence-electron chi connectivity index (χ1n) is 22.2. The number of esters is 1. The number of hydrazine groups is 1. The van der Waals surface area contributed by atoms with Gasteiger partial charge in [-0.25, -0.2) is 10.4 Å². The van der Waals surface area contributed by atoms with Crippen LogP contribution < -0.4 is 15.6 Å². The molecule has 8 heterocycles. The van der Waals surface area contributed by atoms with Crippen molar-refractivity contribution in [2.24, 2.45) is 23.2 Å². The van der Waals surface area contributed by atoms with Crippen molar-refractivity contribution in [2.45, 2.75) is 84.0 Å². The Balaban J connectivity index is 1.10. The number of pyridine rings is 1. The highest BCUT2D eigenvalue weighted by molar-refractivity contribution is 7.10. The number of aryl methyl sites for hydroxylation is 2. The molecule has 6 atom stereocenters. The highest BCUT2D eigenvalue weighted by Gasteiger charge is 2.58. The van der Waals surface area contributed by atoms with Crippen LogP contribution in [-0.4, -0.2) is 121 Å². The maximum Gasteiger partial charge on any atom is 0.324 e. The summed E-state index contributed by atoms with van der Waals surface area (Å²) in [5, 5.41) is 8.65. The predicted molar refractivity (Wildman–Crippen MR) is 233 cm³/mol. The number of aromatic nitrogens is 3. The van der Waals surface area contributed by atoms with Gasteiger partial charge >= 0.3 is 5.97 Å². The van der Waals surface area contributed by atoms with E-state index in [2.05, 4.69) is 76.5 Å². The van der Waals surface area contributed by atoms with Crippen LogP contribution in [0.5, 0.6) is 0 Å². The fraction of sp³-hybridized carbons (Fsp3) is 0.587. The minimum Gasteiger partial charge on any atom is -0.464 e. The van der Waals surface area contributed by atoms with Gasteiger partial charge in [0, 0.05) is 86.0 Å². The van der Waals surface area contributed by atoms with Crippen molar-refractivity contribution in [3.8, 4) is 22.5 Å². The van der Waals surface area contributed by atoms with E-state index in [-0.39, 0.29) is 54.7 Å². The molecule has 1 saturated carbocycles. The molecule has 6 aliphatic rings. The van der Waals surface area contributed by atoms with Gasteiger partial charge in [-0.15, -0.1) is 11.3 Å². The van der Waals surface area contributed by atoms with E-state index in [1.165, 1.54) is 38.4 Å². The van der Waals surface area contributed by atoms with Crippen molar-refractivity contribution in [1.82, 2.24) is 35.2 Å². The zero-order chi connectivity index (χ0) is 42.2. The van der Waals surface area contributed by atoms with Crippen LogP contribution in [0.15, 0.2) is 29.8 Å². The average Bonchev–Trinajstić information content (AvgIpc) is 3.59. The van der Waals surface area contributed by atoms with Crippen LogP contribution in [0.2, 0.25) is 0 Å². The van der Waals surface area contributed by atoms with Crippen LogP contribution in [0.25, 0.3) is 33.4 Å². The summed E-state index contributed by atoms with van der Waals surface area (Å²) < 4.78 is 20.3. The maximum atomic E-state index is 14.3. The van der Waals surface area contributed by atoms with Crippen LogP contribution in [0.4, 0.5) is 5.69 Å². The SMILES string of the molecule is CO[C@@H](C)c1ncc(N2CCN(C)CC2)cc1-c1c2c3cc(cc4c3n1CCC4)-c1csc(n1)C[C@H](NC(=O)C1[C@H]3COC[C@@H]13)C(=O)N1CCC[C@H](N1)C(=O)OCC(C)(C)C2. The second-order valence-electron chi connectivity index (χ2n) is 19.0. The van der Waals surface area contributed by atoms with E-state index in [4.69, 9.17) is 24.2 Å². The van der Waals surface area contributed by atoms with E-state index >= 15 is 0 Å². The second-order valence-corrected chi connectivity index (χ2v) is 19.9. The number of hydrogen-bond acceptors (Lipinski definition) is 12. The number of rotatable bonds is 6. The van der Waals surface area contributed by atoms with E-state index < -0.39 is 17.5 Å². The standard InChI is InChI=1S/C46H58N8O6S/c1-26(58-5)40-31(18-29(21-47-40)52-14-12-51(4)13-15-52)42-32-20-46(2,3)25-60-45(57)35-9-7-11-54(50-35)44(56)36(49-43(55)39-33-22-59-23-34(33)39)19-38-48-37(24-61-38)28-16-27-8-6-10-53(42)41(27)30(32)17-28/h16-18,21,24,26,33-36,39,50H,6-15,19-20,22-23,25H2,1-5H3,(H,49,55)/t26-,33-,34+,35-,36-,39?/m0/s1. The lowest BCUT2D eigenvalue weighted by atomic mass is 9.84. The minimum atomic E-state index is -0.848. The summed E-state index contributed by atoms with van der Waals surface area (Å²) in [6.45, 7) is 12.9. The third-order valence-corrected chi connectivity index (χ3v) is 14.9. The lowest BCUT2D eigenvalue weighted by Gasteiger charge is -2.35. The molecule has 15 heteroatoms. The van der Waals surface area contributed by atoms with Crippen LogP contribution >= 0.6 is 11.3 Å². The molecule has 324 valence electrons. The van der Waals surface area contributed by atoms with E-state index in [0.717, 1.165) is 84.5 Å². The molecule has 10 rings (SSSR count). The number of likely N-dealkylation sites (N-methyl/N-ethyl adjacent to an activating group) is 1. The Bertz CT molecular complexity index is 2360. The lowest BCUT2D eigenvalue weighted by molar-refractivity contribution is -0.155. The van der Waals surface area contributed by atoms with Crippen molar-refractivity contribution in [2.75, 3.05) is 71.6 Å². The zero-order valence-corrected chi connectivity index (χ0v) is 36.8. The summed E-state index contributed by atoms with van der Waals surface area (Å²) in [4.78, 5) is 57.0. The number of nitrogens with zero attached hydrogens (tertiary/aromatic N) is 6. The van der Waals surface area contributed by atoms with Gasteiger partial charge in [0.1, 0.15) is 12.1 Å². The molecule has 2 N–H and O–H groups in total. The molecule has 14 nitrogen and oxygen atoms in total. The number of cyclic esters (lactones) is 1. The number of carbonyl (C=O) groups is 3. The molecule has 4 fully saturated rings. The summed E-state index contributed by atoms with van der Waals surface area (Å²) in [6, 6.07) is 5.38. The van der Waals surface area contributed by atoms with Gasteiger partial charge in [-0.05, 0) is 87.2 Å². The van der Waals surface area contributed by atoms with Crippen molar-refractivity contribution in [1.29, 1.82) is 0 Å². The van der Waals surface area contributed by atoms with Crippen molar-refractivity contribution < 1.29 is 28.6 Å². The number of carbonyl (C=O) groups excluding carboxylic acids is 3. The fourth-order valence-electron chi connectivity index (χ4n) is 10.5. The number of thiazole rings is 1. The Morgan fingerprint density at radius 3 is 2.66 bits per heavy atom. The Morgan fingerprint density at radius 1 is 1.07 bits per heavy atom. The molecule has 61 heavy (non-hydrogen) atoms. The van der Waals surface area contributed by atoms with Gasteiger partial charge in [-0.1, -0.05) is 13.8 Å². The van der Waals surface area contributed by atoms with Gasteiger partial charge in [0.15, 0.2) is 0 Å². The van der Waals surface area contributed by atoms with E-state index in [9.17, 15) is 14.4 Å². The van der Waals surface area contributed by atoms with Crippen LogP contribution in [0, 0.1) is 23.2 Å². The largest absolute Gasteiger partial charge is 0.464 e. The third kappa shape index (κ3) is 7.64. The zero-order valence-electron chi connectivity index (χ0n) is 36.0. The maximum absolute atomic E-state index is 14.3. The number of benzene rings is 1. The minimum absolute atomic E-state index is 0.115. The normalized spacial score (nSPS) is 27.1. The Hall–Kier alpha value is -4.41. The molecule has 1 aliphatic carbocycles. The van der Waals surface area contributed by atoms with Crippen molar-refractivity contribution in [3.63, 3.8) is 0 Å². The monoisotopic (exact) mass is 850 g/mol. The molecule has 0 radical (unpaired) electrons. The average molecular weight is 851 g/mol. The molecule has 2 amide bonds. The molecule has 5 aliphatic heterocycles. The highest BCUT2D eigenvalue weighted by Crippen LogP contribution is 2.51. The lowest BCUT2D eigenvalue weighted by Crippen LogP contribution is -2.60. The van der Waals surface area contributed by atoms with E-state index in [1.54, 1.807) is 7.11 Å². The molecule has 6 bridgehead atoms. The number of fused-ring (bicyclic) bond motifs is 7. The summed E-state index contributed by atoms with van der Waals surface area (Å²) in [5.41, 5.74) is 12.5. The third-order valence-electron chi connectivity index (χ3n) is 14.0. The van der Waals surface area contributed by atoms with Gasteiger partial charge in [0.2, 0.25) is 5.91 Å². The first-order valence-corrected chi connectivity index (χ1v) is 23.1. The molecule has 1 unspecified atom stereocenters. The fourth-order valence-corrected chi connectivity index (χ4v) is 11.3. The molecular formula is C46H58N8O6S. The van der Waals surface area contributed by atoms with Crippen LogP contribution in [0.1, 0.15) is 68.0 Å². The molecular weight excluding hydrogens is 793 g/mol. The number of anilines is 1. The second kappa shape index (κ2) is 16.1. The number of nitrogens with one attached hydrogen (secondary N) is 2. The molecule has 1 aromatic carbocycles. The first kappa shape index (κ1) is 40.6. The molecule has 3 aromatic heterocycles. The number of methoxy groups -OCH3 is 1. The van der Waals surface area contributed by atoms with E-state index in [0.29, 0.717) is 39.0 Å². The first-order chi connectivity index (χ1) is 29.5. The number of piperazine rings is 1. The number of hydrogen-bond donors (Lipinski definition) is 2. The van der Waals surface area contributed by atoms with Gasteiger partial charge in [-0.3, -0.25) is 24.4 Å². The summed E-state index contributed by atoms with van der Waals surface area (Å²) in [6.07, 6.45) is 5.75. The number of ether oxygens (including phenoxy) is 3. The van der Waals surface area contributed by atoms with Gasteiger partial charge < -0.3 is 33.9 Å². The summed E-state index contributed by atoms with van der Waals surface area (Å²) in [5.74, 6) is -0.496. The van der Waals surface area contributed by atoms with Crippen LogP contribution in [0.3, 0.4) is 0 Å². The van der Waals surface area contributed by atoms with E-state index in [1.807, 2.05) is 6.20 Å². The highest BCUT2D eigenvalue weighted by atomic mass is 32.1. The Morgan fingerprint density at radius 2 is 1.87 bits per heavy atom. The molecule has 3 saturated heterocycles. The van der Waals surface area contributed by atoms with Crippen LogP contribution in [-0.2, 0) is 54.4 Å². The summed E-state index contributed by atoms with van der Waals surface area (Å²) in [7, 11) is 3.92. The van der Waals surface area contributed by atoms with Gasteiger partial charge in [-0.2, -0.15) is 0 Å². The predicted octanol–water partition coefficient (Wildman–Crippen LogP) is 4.77.